The largest absolute Gasteiger partial charge is 0.433 e. The van der Waals surface area contributed by atoms with Gasteiger partial charge in [0.1, 0.15) is 11.5 Å². The van der Waals surface area contributed by atoms with Gasteiger partial charge in [0.05, 0.1) is 10.6 Å². The van der Waals surface area contributed by atoms with E-state index in [0.717, 1.165) is 18.2 Å². The maximum absolute atomic E-state index is 13.5. The van der Waals surface area contributed by atoms with Crippen molar-refractivity contribution < 1.29 is 30.5 Å². The van der Waals surface area contributed by atoms with Crippen LogP contribution >= 0.6 is 0 Å². The molecule has 0 spiro atoms. The fraction of sp³-hybridized carbons (Fsp3) is 0.0435. The second kappa shape index (κ2) is 8.38. The number of hydrogen-bond donors (Lipinski definition) is 1. The second-order valence-corrected chi connectivity index (χ2v) is 8.47. The van der Waals surface area contributed by atoms with E-state index >= 15 is 0 Å². The van der Waals surface area contributed by atoms with E-state index in [4.69, 9.17) is 0 Å². The first kappa shape index (κ1) is 22.6. The van der Waals surface area contributed by atoms with Crippen molar-refractivity contribution in [1.82, 2.24) is 9.97 Å². The maximum Gasteiger partial charge on any atom is 0.433 e. The molecule has 0 aliphatic heterocycles. The molecular formula is C23H14F4N2O3S. The molecule has 0 atom stereocenters. The van der Waals surface area contributed by atoms with Gasteiger partial charge in [-0.2, -0.15) is 21.6 Å². The predicted octanol–water partition coefficient (Wildman–Crippen LogP) is 5.88. The van der Waals surface area contributed by atoms with E-state index < -0.39 is 27.8 Å². The Morgan fingerprint density at radius 2 is 1.33 bits per heavy atom. The summed E-state index contributed by atoms with van der Waals surface area (Å²) in [6.45, 7) is 0. The van der Waals surface area contributed by atoms with Gasteiger partial charge in [0.25, 0.3) is 10.1 Å². The van der Waals surface area contributed by atoms with Crippen molar-refractivity contribution in [3.63, 3.8) is 0 Å². The van der Waals surface area contributed by atoms with Crippen LogP contribution in [-0.2, 0) is 16.3 Å². The van der Waals surface area contributed by atoms with Gasteiger partial charge in [0.2, 0.25) is 0 Å². The fourth-order valence-corrected chi connectivity index (χ4v) is 3.69. The molecule has 3 aromatic carbocycles. The van der Waals surface area contributed by atoms with Crippen molar-refractivity contribution in [2.24, 2.45) is 0 Å². The lowest BCUT2D eigenvalue weighted by Gasteiger charge is -2.12. The topological polar surface area (TPSA) is 80.2 Å². The number of benzene rings is 3. The van der Waals surface area contributed by atoms with Crippen LogP contribution in [0.5, 0.6) is 0 Å². The van der Waals surface area contributed by atoms with Crippen LogP contribution in [0.1, 0.15) is 5.69 Å². The summed E-state index contributed by atoms with van der Waals surface area (Å²) in [5.74, 6) is -0.749. The van der Waals surface area contributed by atoms with Gasteiger partial charge >= 0.3 is 6.18 Å². The van der Waals surface area contributed by atoms with Crippen LogP contribution in [0.25, 0.3) is 33.8 Å². The van der Waals surface area contributed by atoms with Crippen LogP contribution in [0.2, 0.25) is 0 Å². The lowest BCUT2D eigenvalue weighted by molar-refractivity contribution is -0.141. The molecule has 0 radical (unpaired) electrons. The summed E-state index contributed by atoms with van der Waals surface area (Å²) in [5.41, 5.74) is 0.221. The molecule has 10 heteroatoms. The smallest absolute Gasteiger partial charge is 0.282 e. The predicted molar refractivity (Wildman–Crippen MR) is 113 cm³/mol. The molecule has 1 N–H and O–H groups in total. The van der Waals surface area contributed by atoms with E-state index in [1.165, 1.54) is 42.5 Å². The van der Waals surface area contributed by atoms with Gasteiger partial charge in [-0.25, -0.2) is 14.4 Å². The molecule has 1 heterocycles. The Morgan fingerprint density at radius 1 is 0.727 bits per heavy atom. The molecular weight excluding hydrogens is 460 g/mol. The number of rotatable bonds is 4. The van der Waals surface area contributed by atoms with Crippen LogP contribution in [0.3, 0.4) is 0 Å². The van der Waals surface area contributed by atoms with Gasteiger partial charge in [0.15, 0.2) is 5.82 Å². The molecule has 33 heavy (non-hydrogen) atoms. The van der Waals surface area contributed by atoms with E-state index in [9.17, 15) is 30.5 Å². The van der Waals surface area contributed by atoms with E-state index in [2.05, 4.69) is 9.97 Å². The highest BCUT2D eigenvalue weighted by Gasteiger charge is 2.34. The number of hydrogen-bond acceptors (Lipinski definition) is 4. The molecule has 1 aromatic heterocycles. The lowest BCUT2D eigenvalue weighted by atomic mass is 10.0. The fourth-order valence-electron chi connectivity index (χ4n) is 3.16. The zero-order valence-corrected chi connectivity index (χ0v) is 17.4. The molecule has 0 saturated heterocycles. The van der Waals surface area contributed by atoms with E-state index in [1.54, 1.807) is 18.2 Å². The van der Waals surface area contributed by atoms with Crippen LogP contribution in [0.15, 0.2) is 83.8 Å². The summed E-state index contributed by atoms with van der Waals surface area (Å²) in [6, 6.07) is 17.3. The monoisotopic (exact) mass is 474 g/mol. The van der Waals surface area contributed by atoms with Gasteiger partial charge in [-0.1, -0.05) is 30.3 Å². The lowest BCUT2D eigenvalue weighted by Crippen LogP contribution is -2.10. The number of nitrogens with zero attached hydrogens (tertiary/aromatic N) is 2. The highest BCUT2D eigenvalue weighted by molar-refractivity contribution is 7.85. The highest BCUT2D eigenvalue weighted by Crippen LogP contribution is 2.33. The number of alkyl halides is 3. The molecule has 0 fully saturated rings. The first-order valence-corrected chi connectivity index (χ1v) is 10.9. The molecule has 0 aliphatic rings. The normalized spacial score (nSPS) is 12.0. The minimum atomic E-state index is -4.74. The van der Waals surface area contributed by atoms with Gasteiger partial charge in [-0.3, -0.25) is 4.55 Å². The number of aromatic nitrogens is 2. The average Bonchev–Trinajstić information content (AvgIpc) is 2.78. The van der Waals surface area contributed by atoms with Gasteiger partial charge in [-0.05, 0) is 59.7 Å². The Morgan fingerprint density at radius 3 is 1.97 bits per heavy atom. The summed E-state index contributed by atoms with van der Waals surface area (Å²) >= 11 is 0. The molecule has 4 aromatic rings. The molecule has 0 bridgehead atoms. The first-order valence-electron chi connectivity index (χ1n) is 9.41. The highest BCUT2D eigenvalue weighted by atomic mass is 32.2. The quantitative estimate of drug-likeness (QED) is 0.295. The van der Waals surface area contributed by atoms with Crippen molar-refractivity contribution in [1.29, 1.82) is 0 Å². The molecule has 168 valence electrons. The standard InChI is InChI=1S/C23H14F4N2O3S/c24-18-9-7-14(8-10-18)20-13-21(23(25,26)27)29-22(28-20)17-5-1-3-15(11-17)16-4-2-6-19(12-16)33(30,31)32/h1-13H,(H,30,31,32). The Kier molecular flexibility index (Phi) is 5.73. The van der Waals surface area contributed by atoms with Crippen molar-refractivity contribution in [3.05, 3.63) is 90.4 Å². The van der Waals surface area contributed by atoms with Crippen molar-refractivity contribution in [2.75, 3.05) is 0 Å². The van der Waals surface area contributed by atoms with Gasteiger partial charge in [0, 0.05) is 11.1 Å². The molecule has 0 saturated carbocycles. The van der Waals surface area contributed by atoms with Crippen molar-refractivity contribution in [2.45, 2.75) is 11.1 Å². The zero-order valence-electron chi connectivity index (χ0n) is 16.6. The minimum Gasteiger partial charge on any atom is -0.282 e. The van der Waals surface area contributed by atoms with Crippen molar-refractivity contribution in [3.8, 4) is 33.8 Å². The SMILES string of the molecule is O=S(=O)(O)c1cccc(-c2cccc(-c3nc(-c4ccc(F)cc4)cc(C(F)(F)F)n3)c2)c1. The van der Waals surface area contributed by atoms with Crippen LogP contribution < -0.4 is 0 Å². The Hall–Kier alpha value is -3.63. The minimum absolute atomic E-state index is 0.0360. The van der Waals surface area contributed by atoms with Crippen LogP contribution in [0.4, 0.5) is 17.6 Å². The number of halogens is 4. The molecule has 0 aliphatic carbocycles. The first-order chi connectivity index (χ1) is 15.5. The molecule has 0 unspecified atom stereocenters. The van der Waals surface area contributed by atoms with E-state index in [0.29, 0.717) is 11.1 Å². The molecule has 0 amide bonds. The molecule has 4 rings (SSSR count). The summed E-state index contributed by atoms with van der Waals surface area (Å²) in [7, 11) is -4.43. The third kappa shape index (κ3) is 5.07. The Bertz CT molecular complexity index is 1440. The third-order valence-electron chi connectivity index (χ3n) is 4.74. The average molecular weight is 474 g/mol. The summed E-state index contributed by atoms with van der Waals surface area (Å²) in [6.07, 6.45) is -4.74. The Balaban J connectivity index is 1.84. The molecule has 5 nitrogen and oxygen atoms in total. The van der Waals surface area contributed by atoms with Crippen LogP contribution in [0, 0.1) is 5.82 Å². The summed E-state index contributed by atoms with van der Waals surface area (Å²) < 4.78 is 85.9. The third-order valence-corrected chi connectivity index (χ3v) is 5.59. The van der Waals surface area contributed by atoms with Crippen LogP contribution in [-0.4, -0.2) is 22.9 Å². The Labute approximate surface area is 186 Å². The van der Waals surface area contributed by atoms with E-state index in [-0.39, 0.29) is 27.5 Å². The zero-order chi connectivity index (χ0) is 23.8. The van der Waals surface area contributed by atoms with Gasteiger partial charge in [-0.15, -0.1) is 0 Å². The summed E-state index contributed by atoms with van der Waals surface area (Å²) in [5, 5.41) is 0. The van der Waals surface area contributed by atoms with Gasteiger partial charge < -0.3 is 0 Å². The second-order valence-electron chi connectivity index (χ2n) is 7.05. The summed E-state index contributed by atoms with van der Waals surface area (Å²) in [4.78, 5) is 7.58. The maximum atomic E-state index is 13.5. The van der Waals surface area contributed by atoms with Crippen molar-refractivity contribution >= 4 is 10.1 Å². The van der Waals surface area contributed by atoms with E-state index in [1.807, 2.05) is 0 Å².